The molecule has 3 fully saturated rings. The Morgan fingerprint density at radius 2 is 1.46 bits per heavy atom. The van der Waals surface area contributed by atoms with Crippen LogP contribution in [0.1, 0.15) is 51.2 Å². The van der Waals surface area contributed by atoms with Gasteiger partial charge in [-0.1, -0.05) is 13.0 Å². The lowest BCUT2D eigenvalue weighted by Gasteiger charge is -2.34. The molecule has 0 aliphatic carbocycles. The van der Waals surface area contributed by atoms with E-state index in [2.05, 4.69) is 20.1 Å². The highest BCUT2D eigenvalue weighted by atomic mass is 32.3. The number of carbonyl (C=O) groups excluding carboxylic acids is 7. The summed E-state index contributed by atoms with van der Waals surface area (Å²) in [5.41, 5.74) is 10.7. The van der Waals surface area contributed by atoms with Crippen LogP contribution in [-0.2, 0) is 44.0 Å². The molecule has 14 atom stereocenters. The molecule has 1 aromatic carbocycles. The lowest BCUT2D eigenvalue weighted by molar-refractivity contribution is -0.149. The first-order valence-electron chi connectivity index (χ1n) is 19.3. The number of hydrogen-bond donors (Lipinski definition) is 15. The minimum atomic E-state index is -5.29. The van der Waals surface area contributed by atoms with E-state index in [1.54, 1.807) is 0 Å². The average molecular weight is 921 g/mol. The van der Waals surface area contributed by atoms with Crippen LogP contribution in [0.25, 0.3) is 0 Å². The maximum atomic E-state index is 14.3. The highest BCUT2D eigenvalue weighted by Gasteiger charge is 2.50. The van der Waals surface area contributed by atoms with E-state index in [9.17, 15) is 82.8 Å². The number of phenols is 1. The molecule has 1 aromatic rings. The van der Waals surface area contributed by atoms with Crippen LogP contribution in [0.2, 0.25) is 0 Å². The second-order valence-corrected chi connectivity index (χ2v) is 16.6. The van der Waals surface area contributed by atoms with Crippen LogP contribution in [-0.4, -0.2) is 191 Å². The van der Waals surface area contributed by atoms with E-state index in [1.165, 1.54) is 6.92 Å². The molecule has 3 heterocycles. The molecule has 0 saturated carbocycles. The van der Waals surface area contributed by atoms with E-state index in [0.717, 1.165) is 19.1 Å². The van der Waals surface area contributed by atoms with E-state index in [4.69, 9.17) is 16.0 Å². The van der Waals surface area contributed by atoms with Crippen molar-refractivity contribution in [1.29, 1.82) is 0 Å². The van der Waals surface area contributed by atoms with E-state index < -0.39 is 186 Å². The Morgan fingerprint density at radius 3 is 2.06 bits per heavy atom. The monoisotopic (exact) mass is 920 g/mol. The largest absolute Gasteiger partial charge is 0.504 e. The van der Waals surface area contributed by atoms with Crippen LogP contribution in [0.4, 0.5) is 0 Å². The van der Waals surface area contributed by atoms with Crippen molar-refractivity contribution in [3.8, 4) is 11.5 Å². The Kier molecular flexibility index (Phi) is 16.4. The van der Waals surface area contributed by atoms with E-state index >= 15 is 0 Å². The van der Waals surface area contributed by atoms with Crippen molar-refractivity contribution in [2.75, 3.05) is 13.1 Å². The molecule has 28 heteroatoms. The maximum absolute atomic E-state index is 14.3. The number of amides is 7. The van der Waals surface area contributed by atoms with Gasteiger partial charge < -0.3 is 87.6 Å². The van der Waals surface area contributed by atoms with Crippen molar-refractivity contribution in [2.45, 2.75) is 119 Å². The highest BCUT2D eigenvalue weighted by molar-refractivity contribution is 7.81. The molecule has 0 bridgehead atoms. The van der Waals surface area contributed by atoms with Crippen molar-refractivity contribution in [3.05, 3.63) is 23.8 Å². The summed E-state index contributed by atoms with van der Waals surface area (Å²) in [7, 11) is -5.29. The fraction of sp³-hybridized carbons (Fsp3) is 0.629. The fourth-order valence-electron chi connectivity index (χ4n) is 7.37. The van der Waals surface area contributed by atoms with Crippen molar-refractivity contribution >= 4 is 51.7 Å². The molecule has 0 unspecified atom stereocenters. The first-order valence-corrected chi connectivity index (χ1v) is 20.7. The summed E-state index contributed by atoms with van der Waals surface area (Å²) in [6.45, 7) is 1.47. The average Bonchev–Trinajstić information content (AvgIpc) is 3.73. The van der Waals surface area contributed by atoms with Crippen molar-refractivity contribution < 1.29 is 91.6 Å². The number of nitrogens with zero attached hydrogens (tertiary/aromatic N) is 2. The Morgan fingerprint density at radius 1 is 0.857 bits per heavy atom. The van der Waals surface area contributed by atoms with Gasteiger partial charge in [0, 0.05) is 25.4 Å². The lowest BCUT2D eigenvalue weighted by atomic mass is 9.96. The van der Waals surface area contributed by atoms with Crippen LogP contribution in [0.15, 0.2) is 18.2 Å². The Labute approximate surface area is 358 Å². The topological polar surface area (TPSA) is 452 Å². The van der Waals surface area contributed by atoms with Gasteiger partial charge in [0.25, 0.3) is 0 Å². The van der Waals surface area contributed by atoms with E-state index in [1.807, 2.05) is 5.32 Å². The zero-order valence-corrected chi connectivity index (χ0v) is 34.4. The first kappa shape index (κ1) is 50.3. The van der Waals surface area contributed by atoms with Gasteiger partial charge in [-0.05, 0) is 37.5 Å². The number of phenolic OH excluding ortho intramolecular Hbond substituents is 1. The number of aromatic hydroxyl groups is 1. The smallest absolute Gasteiger partial charge is 0.446 e. The summed E-state index contributed by atoms with van der Waals surface area (Å²) in [5.74, 6) is -11.7. The van der Waals surface area contributed by atoms with Crippen molar-refractivity contribution in [3.63, 3.8) is 0 Å². The number of fused-ring (bicyclic) bond motifs is 2. The predicted molar refractivity (Wildman–Crippen MR) is 207 cm³/mol. The number of aliphatic hydroxyl groups excluding tert-OH is 7. The molecular formula is C35H52N8O19S. The lowest BCUT2D eigenvalue weighted by Crippen LogP contribution is -2.64. The predicted octanol–water partition coefficient (Wildman–Crippen LogP) is -8.24. The normalized spacial score (nSPS) is 31.5. The molecule has 0 aromatic heterocycles. The molecule has 0 spiro atoms. The molecular weight excluding hydrogens is 868 g/mol. The molecule has 3 aliphatic rings. The number of aliphatic hydroxyl groups is 7. The molecule has 7 amide bonds. The van der Waals surface area contributed by atoms with Gasteiger partial charge >= 0.3 is 10.4 Å². The minimum Gasteiger partial charge on any atom is -0.504 e. The quantitative estimate of drug-likeness (QED) is 0.102. The van der Waals surface area contributed by atoms with Crippen LogP contribution < -0.4 is 36.9 Å². The number of benzene rings is 1. The number of nitrogens with two attached hydrogens (primary N) is 2. The molecule has 3 aliphatic heterocycles. The third-order valence-electron chi connectivity index (χ3n) is 10.7. The molecule has 63 heavy (non-hydrogen) atoms. The van der Waals surface area contributed by atoms with Gasteiger partial charge in [0.05, 0.1) is 36.9 Å². The Balaban J connectivity index is 1.86. The third-order valence-corrected chi connectivity index (χ3v) is 11.1. The van der Waals surface area contributed by atoms with Gasteiger partial charge in [0.2, 0.25) is 41.4 Å². The number of carbonyl (C=O) groups is 7. The van der Waals surface area contributed by atoms with Crippen LogP contribution in [0, 0.1) is 5.92 Å². The molecule has 3 saturated heterocycles. The standard InChI is InChI=1S/C35H52N8O19S/c1-12-10-43-26(27(12)50)33(56)38-22(49)6-4-16(36)30(53)39-23(13(2)44)34(57)42-11-15(45)8-17(42)31(54)41-25(32(55)40-24(35(43)58)19(47)9-21(37)48)29(52)28(51)14-3-5-18(46)20(7-14)62-63(59,60)61/h3,5,7,12-13,15-17,19,22-29,44-47,49-52H,4,6,8-11,36H2,1-2H3,(H2,37,48)(H,38,56)(H,39,53)(H,40,55)(H,41,54)(H,59,60,61)/t12-,13+,15+,16-,17-,19+,22+,23-,24-,25-,26-,27-,28-,29-/m0/s1. The third kappa shape index (κ3) is 12.2. The maximum Gasteiger partial charge on any atom is 0.446 e. The van der Waals surface area contributed by atoms with Gasteiger partial charge in [-0.15, -0.1) is 0 Å². The van der Waals surface area contributed by atoms with Gasteiger partial charge in [-0.3, -0.25) is 38.1 Å². The fourth-order valence-corrected chi connectivity index (χ4v) is 7.73. The molecule has 352 valence electrons. The Bertz CT molecular complexity index is 2030. The van der Waals surface area contributed by atoms with E-state index in [0.29, 0.717) is 15.9 Å². The van der Waals surface area contributed by atoms with Crippen LogP contribution in [0.5, 0.6) is 11.5 Å². The zero-order valence-electron chi connectivity index (χ0n) is 33.6. The number of nitrogens with one attached hydrogen (secondary N) is 4. The van der Waals surface area contributed by atoms with Crippen molar-refractivity contribution in [2.24, 2.45) is 17.4 Å². The SMILES string of the molecule is C[C@@H](O)[C@@H]1NC(=O)[C@@H](N)CC[C@@H](O)NC(=O)[C@@H]2[C@@H](O)[C@@H](C)CN2C(=O)[C@H]([C@H](O)CC(N)=O)NC(=O)[C@H]([C@H](O)[C@@H](O)c2ccc(O)c(OS(=O)(=O)O)c2)NC(=O)[C@@H]2C[C@@H](O)CN2C1=O. The number of primary amides is 1. The Hall–Kier alpha value is -5.30. The summed E-state index contributed by atoms with van der Waals surface area (Å²) in [6, 6.07) is -9.55. The van der Waals surface area contributed by atoms with Gasteiger partial charge in [-0.25, -0.2) is 0 Å². The minimum absolute atomic E-state index is 0.365. The second-order valence-electron chi connectivity index (χ2n) is 15.6. The summed E-state index contributed by atoms with van der Waals surface area (Å²) in [6.07, 6.45) is -16.2. The van der Waals surface area contributed by atoms with Crippen LogP contribution >= 0.6 is 0 Å². The molecule has 0 radical (unpaired) electrons. The molecule has 17 N–H and O–H groups in total. The summed E-state index contributed by atoms with van der Waals surface area (Å²) < 4.78 is 36.2. The molecule has 4 rings (SSSR count). The first-order chi connectivity index (χ1) is 29.2. The summed E-state index contributed by atoms with van der Waals surface area (Å²) in [5, 5.41) is 95.5. The number of hydrogen-bond acceptors (Lipinski definition) is 19. The van der Waals surface area contributed by atoms with Gasteiger partial charge in [0.15, 0.2) is 11.5 Å². The van der Waals surface area contributed by atoms with Crippen LogP contribution in [0.3, 0.4) is 0 Å². The highest BCUT2D eigenvalue weighted by Crippen LogP contribution is 2.32. The molecule has 27 nitrogen and oxygen atoms in total. The second kappa shape index (κ2) is 20.5. The van der Waals surface area contributed by atoms with Gasteiger partial charge in [0.1, 0.15) is 48.6 Å². The van der Waals surface area contributed by atoms with Crippen molar-refractivity contribution in [1.82, 2.24) is 31.1 Å². The van der Waals surface area contributed by atoms with Gasteiger partial charge in [-0.2, -0.15) is 8.42 Å². The zero-order chi connectivity index (χ0) is 47.4. The summed E-state index contributed by atoms with van der Waals surface area (Å²) in [4.78, 5) is 96.6. The summed E-state index contributed by atoms with van der Waals surface area (Å²) >= 11 is 0. The number of rotatable bonds is 9. The van der Waals surface area contributed by atoms with E-state index in [-0.39, 0.29) is 6.42 Å².